The molecule has 4 nitrogen and oxygen atoms in total. The first kappa shape index (κ1) is 15.9. The van der Waals surface area contributed by atoms with Crippen LogP contribution in [0.2, 0.25) is 5.02 Å². The van der Waals surface area contributed by atoms with Crippen molar-refractivity contribution in [3.05, 3.63) is 38.9 Å². The van der Waals surface area contributed by atoms with Gasteiger partial charge in [0.15, 0.2) is 0 Å². The fourth-order valence-electron chi connectivity index (χ4n) is 1.99. The van der Waals surface area contributed by atoms with Crippen LogP contribution in [-0.4, -0.2) is 17.5 Å². The lowest BCUT2D eigenvalue weighted by Crippen LogP contribution is -2.33. The second-order valence-corrected chi connectivity index (χ2v) is 5.33. The molecule has 1 aromatic carbocycles. The molecule has 0 saturated heterocycles. The SMILES string of the molecule is CCCNC(C)C(C)Cc1c(Cl)cccc1[N+](=O)[O-]. The number of nitrogens with zero attached hydrogens (tertiary/aromatic N) is 1. The first-order valence-corrected chi connectivity index (χ1v) is 7.00. The van der Waals surface area contributed by atoms with Gasteiger partial charge in [0.05, 0.1) is 9.95 Å². The zero-order valence-corrected chi connectivity index (χ0v) is 12.4. The summed E-state index contributed by atoms with van der Waals surface area (Å²) in [7, 11) is 0. The van der Waals surface area contributed by atoms with E-state index in [4.69, 9.17) is 11.6 Å². The molecule has 0 amide bonds. The number of nitro groups is 1. The van der Waals surface area contributed by atoms with Crippen molar-refractivity contribution in [1.29, 1.82) is 0 Å². The van der Waals surface area contributed by atoms with Crippen LogP contribution in [0.5, 0.6) is 0 Å². The van der Waals surface area contributed by atoms with E-state index in [2.05, 4.69) is 26.1 Å². The molecule has 2 atom stereocenters. The van der Waals surface area contributed by atoms with Gasteiger partial charge in [0.2, 0.25) is 0 Å². The molecule has 0 spiro atoms. The topological polar surface area (TPSA) is 55.2 Å². The van der Waals surface area contributed by atoms with Crippen LogP contribution in [0.3, 0.4) is 0 Å². The molecule has 0 saturated carbocycles. The number of rotatable bonds is 7. The van der Waals surface area contributed by atoms with E-state index in [1.54, 1.807) is 12.1 Å². The average molecular weight is 285 g/mol. The minimum atomic E-state index is -0.363. The molecule has 0 aliphatic heterocycles. The van der Waals surface area contributed by atoms with Crippen LogP contribution >= 0.6 is 11.6 Å². The van der Waals surface area contributed by atoms with E-state index in [1.807, 2.05) is 0 Å². The number of nitrogens with one attached hydrogen (secondary N) is 1. The lowest BCUT2D eigenvalue weighted by molar-refractivity contribution is -0.385. The van der Waals surface area contributed by atoms with E-state index in [9.17, 15) is 10.1 Å². The molecule has 2 unspecified atom stereocenters. The van der Waals surface area contributed by atoms with Crippen molar-refractivity contribution in [3.8, 4) is 0 Å². The van der Waals surface area contributed by atoms with Crippen molar-refractivity contribution in [1.82, 2.24) is 5.32 Å². The van der Waals surface area contributed by atoms with Gasteiger partial charge >= 0.3 is 0 Å². The smallest absolute Gasteiger partial charge is 0.274 e. The van der Waals surface area contributed by atoms with Crippen LogP contribution in [0.4, 0.5) is 5.69 Å². The highest BCUT2D eigenvalue weighted by molar-refractivity contribution is 6.31. The van der Waals surface area contributed by atoms with Gasteiger partial charge < -0.3 is 5.32 Å². The third-order valence-corrected chi connectivity index (χ3v) is 3.74. The molecule has 19 heavy (non-hydrogen) atoms. The Hall–Kier alpha value is -1.13. The predicted molar refractivity (Wildman–Crippen MR) is 78.7 cm³/mol. The molecular weight excluding hydrogens is 264 g/mol. The Kier molecular flexibility index (Phi) is 6.25. The third-order valence-electron chi connectivity index (χ3n) is 3.39. The van der Waals surface area contributed by atoms with Gasteiger partial charge in [0.1, 0.15) is 0 Å². The number of benzene rings is 1. The van der Waals surface area contributed by atoms with Gasteiger partial charge in [-0.1, -0.05) is 31.5 Å². The maximum absolute atomic E-state index is 11.0. The molecule has 106 valence electrons. The molecule has 1 N–H and O–H groups in total. The summed E-state index contributed by atoms with van der Waals surface area (Å²) in [5.41, 5.74) is 0.744. The molecule has 0 bridgehead atoms. The van der Waals surface area contributed by atoms with Crippen molar-refractivity contribution in [3.63, 3.8) is 0 Å². The van der Waals surface area contributed by atoms with Gasteiger partial charge in [0, 0.05) is 17.7 Å². The summed E-state index contributed by atoms with van der Waals surface area (Å²) in [4.78, 5) is 10.7. The molecule has 0 aromatic heterocycles. The molecule has 0 aliphatic carbocycles. The maximum Gasteiger partial charge on any atom is 0.274 e. The van der Waals surface area contributed by atoms with E-state index in [-0.39, 0.29) is 16.5 Å². The predicted octanol–water partition coefficient (Wildman–Crippen LogP) is 3.81. The summed E-state index contributed by atoms with van der Waals surface area (Å²) in [5.74, 6) is 0.283. The molecule has 0 fully saturated rings. The van der Waals surface area contributed by atoms with Crippen molar-refractivity contribution in [2.75, 3.05) is 6.54 Å². The van der Waals surface area contributed by atoms with E-state index >= 15 is 0 Å². The Bertz CT molecular complexity index is 437. The number of nitro benzene ring substituents is 1. The normalized spacial score (nSPS) is 14.1. The Morgan fingerprint density at radius 1 is 1.42 bits per heavy atom. The third kappa shape index (κ3) is 4.48. The minimum Gasteiger partial charge on any atom is -0.314 e. The van der Waals surface area contributed by atoms with Crippen LogP contribution < -0.4 is 5.32 Å². The second kappa shape index (κ2) is 7.46. The Labute approximate surface area is 119 Å². The van der Waals surface area contributed by atoms with E-state index in [0.717, 1.165) is 13.0 Å². The Morgan fingerprint density at radius 3 is 2.68 bits per heavy atom. The summed E-state index contributed by atoms with van der Waals surface area (Å²) >= 11 is 6.10. The molecule has 1 rings (SSSR count). The van der Waals surface area contributed by atoms with Crippen LogP contribution in [-0.2, 0) is 6.42 Å². The molecule has 0 aliphatic rings. The summed E-state index contributed by atoms with van der Waals surface area (Å²) in [6, 6.07) is 5.14. The van der Waals surface area contributed by atoms with Gasteiger partial charge in [-0.15, -0.1) is 0 Å². The zero-order valence-electron chi connectivity index (χ0n) is 11.6. The minimum absolute atomic E-state index is 0.113. The highest BCUT2D eigenvalue weighted by Crippen LogP contribution is 2.29. The quantitative estimate of drug-likeness (QED) is 0.612. The van der Waals surface area contributed by atoms with E-state index in [0.29, 0.717) is 23.0 Å². The largest absolute Gasteiger partial charge is 0.314 e. The standard InChI is InChI=1S/C14H21ClN2O2/c1-4-8-16-11(3)10(2)9-12-13(15)6-5-7-14(12)17(18)19/h5-7,10-11,16H,4,8-9H2,1-3H3. The summed E-state index contributed by atoms with van der Waals surface area (Å²) < 4.78 is 0. The van der Waals surface area contributed by atoms with Gasteiger partial charge in [-0.05, 0) is 38.3 Å². The van der Waals surface area contributed by atoms with Crippen molar-refractivity contribution >= 4 is 17.3 Å². The van der Waals surface area contributed by atoms with Gasteiger partial charge in [-0.25, -0.2) is 0 Å². The van der Waals surface area contributed by atoms with Crippen LogP contribution in [0.1, 0.15) is 32.8 Å². The van der Waals surface area contributed by atoms with E-state index < -0.39 is 0 Å². The molecular formula is C14H21ClN2O2. The van der Waals surface area contributed by atoms with Crippen molar-refractivity contribution < 1.29 is 4.92 Å². The summed E-state index contributed by atoms with van der Waals surface area (Å²) in [5, 5.41) is 14.9. The summed E-state index contributed by atoms with van der Waals surface area (Å²) in [6.45, 7) is 7.25. The Morgan fingerprint density at radius 2 is 2.11 bits per heavy atom. The van der Waals surface area contributed by atoms with Crippen molar-refractivity contribution in [2.24, 2.45) is 5.92 Å². The number of halogens is 1. The molecule has 1 aromatic rings. The fraction of sp³-hybridized carbons (Fsp3) is 0.571. The lowest BCUT2D eigenvalue weighted by Gasteiger charge is -2.21. The first-order chi connectivity index (χ1) is 8.97. The van der Waals surface area contributed by atoms with Crippen LogP contribution in [0.25, 0.3) is 0 Å². The maximum atomic E-state index is 11.0. The second-order valence-electron chi connectivity index (χ2n) is 4.92. The number of hydrogen-bond acceptors (Lipinski definition) is 3. The van der Waals surface area contributed by atoms with Crippen LogP contribution in [0.15, 0.2) is 18.2 Å². The van der Waals surface area contributed by atoms with Crippen LogP contribution in [0, 0.1) is 16.0 Å². The van der Waals surface area contributed by atoms with Gasteiger partial charge in [0.25, 0.3) is 5.69 Å². The fourth-order valence-corrected chi connectivity index (χ4v) is 2.24. The highest BCUT2D eigenvalue weighted by atomic mass is 35.5. The molecule has 0 radical (unpaired) electrons. The zero-order chi connectivity index (χ0) is 14.4. The average Bonchev–Trinajstić information content (AvgIpc) is 2.37. The highest BCUT2D eigenvalue weighted by Gasteiger charge is 2.21. The lowest BCUT2D eigenvalue weighted by atomic mass is 9.94. The van der Waals surface area contributed by atoms with Crippen molar-refractivity contribution in [2.45, 2.75) is 39.7 Å². The van der Waals surface area contributed by atoms with Gasteiger partial charge in [-0.2, -0.15) is 0 Å². The molecule has 0 heterocycles. The van der Waals surface area contributed by atoms with Gasteiger partial charge in [-0.3, -0.25) is 10.1 Å². The molecule has 5 heteroatoms. The number of hydrogen-bond donors (Lipinski definition) is 1. The Balaban J connectivity index is 2.84. The summed E-state index contributed by atoms with van der Waals surface area (Å²) in [6.07, 6.45) is 1.68. The van der Waals surface area contributed by atoms with E-state index in [1.165, 1.54) is 6.07 Å². The first-order valence-electron chi connectivity index (χ1n) is 6.62. The monoisotopic (exact) mass is 284 g/mol.